The number of benzene rings is 1. The predicted octanol–water partition coefficient (Wildman–Crippen LogP) is 2.90. The SMILES string of the molecule is COC(=O)[C@H](Cc1c(C)cc(C#N)cc1C)NC(=O)OC(C)(C)C.S. The number of nitrogens with one attached hydrogen (secondary N) is 1. The molecule has 0 fully saturated rings. The molecule has 1 amide bonds. The fraction of sp³-hybridized carbons (Fsp3) is 0.500. The molecule has 0 aliphatic carbocycles. The van der Waals surface area contributed by atoms with Gasteiger partial charge in [-0.2, -0.15) is 18.8 Å². The number of amides is 1. The second-order valence-electron chi connectivity index (χ2n) is 6.63. The molecule has 1 aromatic carbocycles. The second-order valence-corrected chi connectivity index (χ2v) is 6.63. The number of esters is 1. The number of aryl methyl sites for hydroxylation is 2. The van der Waals surface area contributed by atoms with E-state index in [1.165, 1.54) is 7.11 Å². The highest BCUT2D eigenvalue weighted by Gasteiger charge is 2.26. The third kappa shape index (κ3) is 7.06. The molecule has 0 aliphatic heterocycles. The molecule has 1 aromatic rings. The van der Waals surface area contributed by atoms with Crippen LogP contribution in [0.4, 0.5) is 4.79 Å². The number of carbonyl (C=O) groups excluding carboxylic acids is 2. The first-order valence-corrected chi connectivity index (χ1v) is 7.65. The van der Waals surface area contributed by atoms with Crippen molar-refractivity contribution in [3.8, 4) is 6.07 Å². The van der Waals surface area contributed by atoms with Crippen molar-refractivity contribution in [3.05, 3.63) is 34.4 Å². The van der Waals surface area contributed by atoms with Gasteiger partial charge in [0.05, 0.1) is 18.7 Å². The summed E-state index contributed by atoms with van der Waals surface area (Å²) < 4.78 is 9.98. The molecule has 138 valence electrons. The Kier molecular flexibility index (Phi) is 8.51. The lowest BCUT2D eigenvalue weighted by molar-refractivity contribution is -0.143. The summed E-state index contributed by atoms with van der Waals surface area (Å²) >= 11 is 0. The molecule has 1 atom stereocenters. The third-order valence-electron chi connectivity index (χ3n) is 3.41. The van der Waals surface area contributed by atoms with Crippen LogP contribution in [0, 0.1) is 25.2 Å². The summed E-state index contributed by atoms with van der Waals surface area (Å²) in [6.45, 7) is 8.97. The first-order valence-electron chi connectivity index (χ1n) is 7.65. The Morgan fingerprint density at radius 2 is 1.76 bits per heavy atom. The molecule has 6 nitrogen and oxygen atoms in total. The Morgan fingerprint density at radius 1 is 1.24 bits per heavy atom. The van der Waals surface area contributed by atoms with Gasteiger partial charge in [0, 0.05) is 6.42 Å². The van der Waals surface area contributed by atoms with Crippen molar-refractivity contribution in [2.45, 2.75) is 52.7 Å². The van der Waals surface area contributed by atoms with Crippen LogP contribution in [0.15, 0.2) is 12.1 Å². The molecule has 0 spiro atoms. The maximum absolute atomic E-state index is 12.0. The van der Waals surface area contributed by atoms with E-state index in [4.69, 9.17) is 14.7 Å². The Bertz CT molecular complexity index is 652. The molecular weight excluding hydrogens is 340 g/mol. The van der Waals surface area contributed by atoms with Crippen LogP contribution in [0.1, 0.15) is 43.0 Å². The summed E-state index contributed by atoms with van der Waals surface area (Å²) in [5.41, 5.74) is 2.55. The van der Waals surface area contributed by atoms with Gasteiger partial charge in [0.2, 0.25) is 0 Å². The van der Waals surface area contributed by atoms with Gasteiger partial charge in [-0.1, -0.05) is 0 Å². The van der Waals surface area contributed by atoms with Crippen LogP contribution < -0.4 is 5.32 Å². The fourth-order valence-corrected chi connectivity index (χ4v) is 2.37. The molecule has 7 heteroatoms. The van der Waals surface area contributed by atoms with E-state index in [0.29, 0.717) is 5.56 Å². The molecule has 0 bridgehead atoms. The van der Waals surface area contributed by atoms with Crippen molar-refractivity contribution in [3.63, 3.8) is 0 Å². The quantitative estimate of drug-likeness (QED) is 0.828. The molecule has 0 heterocycles. The minimum atomic E-state index is -0.866. The number of carbonyl (C=O) groups is 2. The van der Waals surface area contributed by atoms with Crippen molar-refractivity contribution in [2.75, 3.05) is 7.11 Å². The van der Waals surface area contributed by atoms with Crippen LogP contribution in [0.25, 0.3) is 0 Å². The van der Waals surface area contributed by atoms with Gasteiger partial charge in [0.25, 0.3) is 0 Å². The van der Waals surface area contributed by atoms with E-state index in [2.05, 4.69) is 11.4 Å². The van der Waals surface area contributed by atoms with E-state index in [0.717, 1.165) is 16.7 Å². The van der Waals surface area contributed by atoms with Crippen molar-refractivity contribution < 1.29 is 19.1 Å². The number of nitrogens with zero attached hydrogens (tertiary/aromatic N) is 1. The topological polar surface area (TPSA) is 88.4 Å². The van der Waals surface area contributed by atoms with Gasteiger partial charge in [-0.3, -0.25) is 0 Å². The summed E-state index contributed by atoms with van der Waals surface area (Å²) in [5, 5.41) is 11.6. The Morgan fingerprint density at radius 3 is 2.16 bits per heavy atom. The second kappa shape index (κ2) is 9.33. The highest BCUT2D eigenvalue weighted by atomic mass is 32.1. The molecule has 1 N–H and O–H groups in total. The third-order valence-corrected chi connectivity index (χ3v) is 3.41. The average Bonchev–Trinajstić information content (AvgIpc) is 2.46. The Hall–Kier alpha value is -2.20. The van der Waals surface area contributed by atoms with Crippen LogP contribution in [0.5, 0.6) is 0 Å². The Balaban J connectivity index is 0.00000576. The van der Waals surface area contributed by atoms with E-state index in [1.807, 2.05) is 13.8 Å². The summed E-state index contributed by atoms with van der Waals surface area (Å²) in [4.78, 5) is 24.0. The van der Waals surface area contributed by atoms with E-state index in [-0.39, 0.29) is 19.9 Å². The first-order chi connectivity index (χ1) is 11.1. The standard InChI is InChI=1S/C18H24N2O4.H2S/c1-11-7-13(10-19)8-12(2)14(11)9-15(16(21)23-6)20-17(22)24-18(3,4)5;/h7-8,15H,9H2,1-6H3,(H,20,22);1H2/t15-;/m0./s1. The van der Waals surface area contributed by atoms with Gasteiger partial charge < -0.3 is 14.8 Å². The predicted molar refractivity (Wildman–Crippen MR) is 99.9 cm³/mol. The van der Waals surface area contributed by atoms with E-state index in [1.54, 1.807) is 32.9 Å². The van der Waals surface area contributed by atoms with Crippen LogP contribution in [0.3, 0.4) is 0 Å². The lowest BCUT2D eigenvalue weighted by atomic mass is 9.94. The summed E-state index contributed by atoms with van der Waals surface area (Å²) in [6.07, 6.45) is -0.420. The smallest absolute Gasteiger partial charge is 0.408 e. The maximum Gasteiger partial charge on any atom is 0.408 e. The van der Waals surface area contributed by atoms with Crippen molar-refractivity contribution in [1.29, 1.82) is 5.26 Å². The lowest BCUT2D eigenvalue weighted by Crippen LogP contribution is -2.45. The van der Waals surface area contributed by atoms with Crippen molar-refractivity contribution in [2.24, 2.45) is 0 Å². The molecule has 0 aliphatic rings. The molecular formula is C18H26N2O4S. The zero-order valence-corrected chi connectivity index (χ0v) is 16.5. The van der Waals surface area contributed by atoms with Gasteiger partial charge in [0.15, 0.2) is 0 Å². The fourth-order valence-electron chi connectivity index (χ4n) is 2.37. The normalized spacial score (nSPS) is 11.6. The number of rotatable bonds is 4. The van der Waals surface area contributed by atoms with Crippen LogP contribution in [-0.4, -0.2) is 30.8 Å². The summed E-state index contributed by atoms with van der Waals surface area (Å²) in [5.74, 6) is -0.552. The molecule has 0 unspecified atom stereocenters. The number of methoxy groups -OCH3 is 1. The molecule has 0 saturated heterocycles. The van der Waals surface area contributed by atoms with E-state index in [9.17, 15) is 9.59 Å². The summed E-state index contributed by atoms with van der Waals surface area (Å²) in [6, 6.07) is 4.74. The van der Waals surface area contributed by atoms with Gasteiger partial charge in [-0.15, -0.1) is 0 Å². The van der Waals surface area contributed by atoms with Crippen LogP contribution in [-0.2, 0) is 20.7 Å². The highest BCUT2D eigenvalue weighted by Crippen LogP contribution is 2.19. The number of hydrogen-bond acceptors (Lipinski definition) is 5. The number of alkyl carbamates (subject to hydrolysis) is 1. The van der Waals surface area contributed by atoms with Crippen LogP contribution in [0.2, 0.25) is 0 Å². The number of ether oxygens (including phenoxy) is 2. The Labute approximate surface area is 155 Å². The highest BCUT2D eigenvalue weighted by molar-refractivity contribution is 7.59. The van der Waals surface area contributed by atoms with Gasteiger partial charge in [-0.25, -0.2) is 9.59 Å². The minimum absolute atomic E-state index is 0. The summed E-state index contributed by atoms with van der Waals surface area (Å²) in [7, 11) is 1.27. The zero-order chi connectivity index (χ0) is 18.5. The number of hydrogen-bond donors (Lipinski definition) is 1. The van der Waals surface area contributed by atoms with Gasteiger partial charge in [-0.05, 0) is 63.4 Å². The minimum Gasteiger partial charge on any atom is -0.467 e. The zero-order valence-electron chi connectivity index (χ0n) is 15.5. The van der Waals surface area contributed by atoms with Gasteiger partial charge >= 0.3 is 12.1 Å². The largest absolute Gasteiger partial charge is 0.467 e. The average molecular weight is 366 g/mol. The maximum atomic E-state index is 12.0. The molecule has 0 radical (unpaired) electrons. The lowest BCUT2D eigenvalue weighted by Gasteiger charge is -2.23. The molecule has 0 aromatic heterocycles. The van der Waals surface area contributed by atoms with E-state index >= 15 is 0 Å². The van der Waals surface area contributed by atoms with E-state index < -0.39 is 23.7 Å². The molecule has 25 heavy (non-hydrogen) atoms. The van der Waals surface area contributed by atoms with Crippen LogP contribution >= 0.6 is 13.5 Å². The molecule has 1 rings (SSSR count). The van der Waals surface area contributed by atoms with Crippen molar-refractivity contribution in [1.82, 2.24) is 5.32 Å². The first kappa shape index (κ1) is 22.8. The monoisotopic (exact) mass is 366 g/mol. The van der Waals surface area contributed by atoms with Gasteiger partial charge in [0.1, 0.15) is 11.6 Å². The molecule has 0 saturated carbocycles. The van der Waals surface area contributed by atoms with Crippen molar-refractivity contribution >= 4 is 25.6 Å². The number of nitriles is 1.